The molecule has 0 bridgehead atoms. The first-order chi connectivity index (χ1) is 7.24. The summed E-state index contributed by atoms with van der Waals surface area (Å²) in [6, 6.07) is 1.70. The Kier molecular flexibility index (Phi) is 3.10. The molecule has 0 radical (unpaired) electrons. The Labute approximate surface area is 93.4 Å². The summed E-state index contributed by atoms with van der Waals surface area (Å²) < 4.78 is 18.7. The summed E-state index contributed by atoms with van der Waals surface area (Å²) in [7, 11) is 1.42. The smallest absolute Gasteiger partial charge is 0.250 e. The molecule has 82 valence electrons. The van der Waals surface area contributed by atoms with Crippen molar-refractivity contribution in [2.45, 2.75) is 30.6 Å². The van der Waals surface area contributed by atoms with Crippen LogP contribution in [0.25, 0.3) is 0 Å². The average Bonchev–Trinajstić information content (AvgIpc) is 2.65. The Bertz CT molecular complexity index is 358. The van der Waals surface area contributed by atoms with Crippen LogP contribution in [0.4, 0.5) is 4.39 Å². The number of ether oxygens (including phenoxy) is 1. The van der Waals surface area contributed by atoms with Crippen LogP contribution < -0.4 is 4.74 Å². The molecule has 0 saturated heterocycles. The largest absolute Gasteiger partial charge is 0.479 e. The van der Waals surface area contributed by atoms with E-state index in [0.29, 0.717) is 5.56 Å². The second kappa shape index (κ2) is 4.35. The third-order valence-electron chi connectivity index (χ3n) is 2.91. The zero-order valence-corrected chi connectivity index (χ0v) is 9.30. The summed E-state index contributed by atoms with van der Waals surface area (Å²) in [6.45, 7) is 0. The zero-order chi connectivity index (χ0) is 10.8. The lowest BCUT2D eigenvalue weighted by molar-refractivity contribution is 0.365. The lowest BCUT2D eigenvalue weighted by Gasteiger charge is -2.15. The van der Waals surface area contributed by atoms with Crippen molar-refractivity contribution in [2.24, 2.45) is 0 Å². The fourth-order valence-corrected chi connectivity index (χ4v) is 2.55. The molecule has 0 spiro atoms. The minimum Gasteiger partial charge on any atom is -0.479 e. The van der Waals surface area contributed by atoms with Gasteiger partial charge in [0.25, 0.3) is 0 Å². The van der Waals surface area contributed by atoms with E-state index in [1.165, 1.54) is 7.11 Å². The van der Waals surface area contributed by atoms with E-state index < -0.39 is 0 Å². The number of alkyl halides is 1. The Morgan fingerprint density at radius 2 is 2.33 bits per heavy atom. The topological polar surface area (TPSA) is 22.1 Å². The summed E-state index contributed by atoms with van der Waals surface area (Å²) in [5.74, 6) is -0.204. The first-order valence-corrected chi connectivity index (χ1v) is 5.50. The summed E-state index contributed by atoms with van der Waals surface area (Å²) in [5, 5.41) is 0.0339. The number of halogens is 2. The van der Waals surface area contributed by atoms with Gasteiger partial charge in [-0.25, -0.2) is 9.37 Å². The van der Waals surface area contributed by atoms with Crippen LogP contribution in [0.5, 0.6) is 5.88 Å². The maximum absolute atomic E-state index is 13.9. The van der Waals surface area contributed by atoms with E-state index in [2.05, 4.69) is 4.98 Å². The Morgan fingerprint density at radius 3 is 2.93 bits per heavy atom. The van der Waals surface area contributed by atoms with Gasteiger partial charge in [-0.05, 0) is 24.5 Å². The number of pyridine rings is 1. The normalized spacial score (nSPS) is 25.5. The standard InChI is InChI=1S/C11H13ClFNO/c1-15-11-10(13)8(5-6-14-11)7-3-2-4-9(7)12/h5-7,9H,2-4H2,1H3. The van der Waals surface area contributed by atoms with E-state index in [1.54, 1.807) is 12.3 Å². The monoisotopic (exact) mass is 229 g/mol. The minimum atomic E-state index is -0.363. The van der Waals surface area contributed by atoms with Crippen molar-refractivity contribution >= 4 is 11.6 Å². The van der Waals surface area contributed by atoms with E-state index in [1.807, 2.05) is 0 Å². The maximum Gasteiger partial charge on any atom is 0.250 e. The molecule has 1 fully saturated rings. The number of nitrogens with zero attached hydrogens (tertiary/aromatic N) is 1. The van der Waals surface area contributed by atoms with Gasteiger partial charge in [0.2, 0.25) is 5.88 Å². The molecule has 0 aliphatic heterocycles. The predicted molar refractivity (Wildman–Crippen MR) is 57.0 cm³/mol. The fraction of sp³-hybridized carbons (Fsp3) is 0.545. The van der Waals surface area contributed by atoms with E-state index in [-0.39, 0.29) is 23.0 Å². The zero-order valence-electron chi connectivity index (χ0n) is 8.54. The highest BCUT2D eigenvalue weighted by Crippen LogP contribution is 2.40. The van der Waals surface area contributed by atoms with Crippen molar-refractivity contribution in [3.05, 3.63) is 23.6 Å². The van der Waals surface area contributed by atoms with Crippen LogP contribution in [-0.4, -0.2) is 17.5 Å². The molecule has 1 saturated carbocycles. The molecule has 0 amide bonds. The summed E-state index contributed by atoms with van der Waals surface area (Å²) in [6.07, 6.45) is 4.52. The SMILES string of the molecule is COc1nccc(C2CCCC2Cl)c1F. The molecule has 4 heteroatoms. The number of rotatable bonds is 2. The molecule has 1 aliphatic rings. The van der Waals surface area contributed by atoms with Crippen LogP contribution in [0.3, 0.4) is 0 Å². The number of methoxy groups -OCH3 is 1. The van der Waals surface area contributed by atoms with Crippen LogP contribution >= 0.6 is 11.6 Å². The predicted octanol–water partition coefficient (Wildman–Crippen LogP) is 3.10. The van der Waals surface area contributed by atoms with Crippen molar-refractivity contribution in [2.75, 3.05) is 7.11 Å². The van der Waals surface area contributed by atoms with Gasteiger partial charge in [-0.1, -0.05) is 6.42 Å². The van der Waals surface area contributed by atoms with Gasteiger partial charge in [-0.3, -0.25) is 0 Å². The number of hydrogen-bond donors (Lipinski definition) is 0. The second-order valence-electron chi connectivity index (χ2n) is 3.78. The third kappa shape index (κ3) is 1.93. The van der Waals surface area contributed by atoms with Crippen molar-refractivity contribution < 1.29 is 9.13 Å². The Balaban J connectivity index is 2.35. The average molecular weight is 230 g/mol. The number of aromatic nitrogens is 1. The molecular formula is C11H13ClFNO. The van der Waals surface area contributed by atoms with Gasteiger partial charge in [0.05, 0.1) is 7.11 Å². The van der Waals surface area contributed by atoms with Crippen LogP contribution in [0, 0.1) is 5.82 Å². The number of hydrogen-bond acceptors (Lipinski definition) is 2. The Morgan fingerprint density at radius 1 is 1.53 bits per heavy atom. The van der Waals surface area contributed by atoms with Crippen LogP contribution in [0.1, 0.15) is 30.7 Å². The molecule has 0 aromatic carbocycles. The second-order valence-corrected chi connectivity index (χ2v) is 4.34. The lowest BCUT2D eigenvalue weighted by Crippen LogP contribution is -2.08. The van der Waals surface area contributed by atoms with Gasteiger partial charge in [-0.15, -0.1) is 11.6 Å². The highest BCUT2D eigenvalue weighted by molar-refractivity contribution is 6.21. The van der Waals surface area contributed by atoms with Gasteiger partial charge < -0.3 is 4.74 Å². The minimum absolute atomic E-state index is 0.0339. The third-order valence-corrected chi connectivity index (χ3v) is 3.43. The van der Waals surface area contributed by atoms with E-state index in [0.717, 1.165) is 19.3 Å². The van der Waals surface area contributed by atoms with Gasteiger partial charge in [-0.2, -0.15) is 0 Å². The summed E-state index contributed by atoms with van der Waals surface area (Å²) in [4.78, 5) is 3.81. The van der Waals surface area contributed by atoms with Gasteiger partial charge in [0.1, 0.15) is 0 Å². The van der Waals surface area contributed by atoms with E-state index >= 15 is 0 Å². The van der Waals surface area contributed by atoms with Crippen molar-refractivity contribution in [1.82, 2.24) is 4.98 Å². The fourth-order valence-electron chi connectivity index (χ4n) is 2.13. The molecule has 2 atom stereocenters. The van der Waals surface area contributed by atoms with Gasteiger partial charge >= 0.3 is 0 Å². The van der Waals surface area contributed by atoms with Crippen LogP contribution in [-0.2, 0) is 0 Å². The Hall–Kier alpha value is -0.830. The first-order valence-electron chi connectivity index (χ1n) is 5.06. The highest BCUT2D eigenvalue weighted by Gasteiger charge is 2.30. The summed E-state index contributed by atoms with van der Waals surface area (Å²) >= 11 is 6.15. The lowest BCUT2D eigenvalue weighted by atomic mass is 9.98. The van der Waals surface area contributed by atoms with Crippen LogP contribution in [0.15, 0.2) is 12.3 Å². The maximum atomic E-state index is 13.9. The molecule has 0 N–H and O–H groups in total. The quantitative estimate of drug-likeness (QED) is 0.727. The summed E-state index contributed by atoms with van der Waals surface area (Å²) in [5.41, 5.74) is 0.638. The molecule has 1 aromatic heterocycles. The van der Waals surface area contributed by atoms with Crippen molar-refractivity contribution in [3.63, 3.8) is 0 Å². The van der Waals surface area contributed by atoms with Crippen LogP contribution in [0.2, 0.25) is 0 Å². The van der Waals surface area contributed by atoms with Crippen molar-refractivity contribution in [1.29, 1.82) is 0 Å². The van der Waals surface area contributed by atoms with Crippen molar-refractivity contribution in [3.8, 4) is 5.88 Å². The highest BCUT2D eigenvalue weighted by atomic mass is 35.5. The molecule has 15 heavy (non-hydrogen) atoms. The molecule has 2 rings (SSSR count). The molecule has 2 nitrogen and oxygen atoms in total. The first kappa shape index (κ1) is 10.7. The van der Waals surface area contributed by atoms with Gasteiger partial charge in [0.15, 0.2) is 5.82 Å². The molecular weight excluding hydrogens is 217 g/mol. The van der Waals surface area contributed by atoms with E-state index in [9.17, 15) is 4.39 Å². The van der Waals surface area contributed by atoms with E-state index in [4.69, 9.17) is 16.3 Å². The molecule has 1 heterocycles. The molecule has 1 aliphatic carbocycles. The van der Waals surface area contributed by atoms with Gasteiger partial charge in [0, 0.05) is 17.5 Å². The molecule has 1 aromatic rings. The molecule has 2 unspecified atom stereocenters.